The van der Waals surface area contributed by atoms with Crippen LogP contribution in [0.25, 0.3) is 0 Å². The lowest BCUT2D eigenvalue weighted by molar-refractivity contribution is 0.0784. The van der Waals surface area contributed by atoms with E-state index in [1.807, 2.05) is 0 Å². The first-order valence-electron chi connectivity index (χ1n) is 8.97. The van der Waals surface area contributed by atoms with Crippen LogP contribution in [0.4, 0.5) is 4.39 Å². The van der Waals surface area contributed by atoms with Gasteiger partial charge in [0.05, 0.1) is 4.90 Å². The smallest absolute Gasteiger partial charge is 0.274 e. The number of benzene rings is 1. The van der Waals surface area contributed by atoms with Crippen molar-refractivity contribution in [1.82, 2.24) is 19.0 Å². The van der Waals surface area contributed by atoms with E-state index < -0.39 is 15.8 Å². The van der Waals surface area contributed by atoms with Crippen LogP contribution in [0.1, 0.15) is 34.6 Å². The molecule has 0 saturated carbocycles. The standard InChI is InChI=1S/C18H21FN4O3S/c1-21-16-8-11-23(27(25,26)14-6-4-13(19)5-7-14)12-15(16)17(20-21)18(24)22-9-2-3-10-22/h4-7H,2-3,8-12H2,1H3. The lowest BCUT2D eigenvalue weighted by atomic mass is 10.1. The van der Waals surface area contributed by atoms with Gasteiger partial charge < -0.3 is 4.90 Å². The molecule has 2 aliphatic heterocycles. The summed E-state index contributed by atoms with van der Waals surface area (Å²) >= 11 is 0. The number of halogens is 1. The van der Waals surface area contributed by atoms with Gasteiger partial charge >= 0.3 is 0 Å². The molecule has 0 aliphatic carbocycles. The molecule has 1 fully saturated rings. The molecule has 0 N–H and O–H groups in total. The highest BCUT2D eigenvalue weighted by atomic mass is 32.2. The summed E-state index contributed by atoms with van der Waals surface area (Å²) in [6.07, 6.45) is 2.43. The summed E-state index contributed by atoms with van der Waals surface area (Å²) in [6.45, 7) is 1.81. The number of sulfonamides is 1. The molecule has 0 bridgehead atoms. The molecular formula is C18H21FN4O3S. The highest BCUT2D eigenvalue weighted by Gasteiger charge is 2.35. The van der Waals surface area contributed by atoms with Gasteiger partial charge in [0.1, 0.15) is 5.82 Å². The first-order chi connectivity index (χ1) is 12.9. The van der Waals surface area contributed by atoms with Gasteiger partial charge in [0.15, 0.2) is 5.69 Å². The summed E-state index contributed by atoms with van der Waals surface area (Å²) in [5.41, 5.74) is 1.91. The summed E-state index contributed by atoms with van der Waals surface area (Å²) in [7, 11) is -1.99. The molecule has 2 aromatic rings. The van der Waals surface area contributed by atoms with Crippen LogP contribution in [0.5, 0.6) is 0 Å². The van der Waals surface area contributed by atoms with Gasteiger partial charge in [0, 0.05) is 50.9 Å². The first-order valence-corrected chi connectivity index (χ1v) is 10.4. The van der Waals surface area contributed by atoms with Crippen LogP contribution >= 0.6 is 0 Å². The minimum absolute atomic E-state index is 0.0451. The number of nitrogens with zero attached hydrogens (tertiary/aromatic N) is 4. The monoisotopic (exact) mass is 392 g/mol. The molecular weight excluding hydrogens is 371 g/mol. The average Bonchev–Trinajstić information content (AvgIpc) is 3.30. The van der Waals surface area contributed by atoms with Crippen molar-refractivity contribution in [3.63, 3.8) is 0 Å². The molecule has 144 valence electrons. The molecule has 0 atom stereocenters. The highest BCUT2D eigenvalue weighted by molar-refractivity contribution is 7.89. The minimum atomic E-state index is -3.77. The fraction of sp³-hybridized carbons (Fsp3) is 0.444. The van der Waals surface area contributed by atoms with Crippen molar-refractivity contribution in [2.75, 3.05) is 19.6 Å². The molecule has 4 rings (SSSR count). The lowest BCUT2D eigenvalue weighted by Crippen LogP contribution is -2.37. The van der Waals surface area contributed by atoms with Crippen LogP contribution in [-0.2, 0) is 30.0 Å². The van der Waals surface area contributed by atoms with Crippen LogP contribution in [0.2, 0.25) is 0 Å². The zero-order valence-electron chi connectivity index (χ0n) is 15.1. The Morgan fingerprint density at radius 1 is 1.11 bits per heavy atom. The Labute approximate surface area is 157 Å². The maximum absolute atomic E-state index is 13.1. The zero-order valence-corrected chi connectivity index (χ0v) is 15.9. The van der Waals surface area contributed by atoms with Gasteiger partial charge in [0.25, 0.3) is 5.91 Å². The van der Waals surface area contributed by atoms with Crippen LogP contribution < -0.4 is 0 Å². The molecule has 1 saturated heterocycles. The lowest BCUT2D eigenvalue weighted by Gasteiger charge is -2.27. The quantitative estimate of drug-likeness (QED) is 0.794. The van der Waals surface area contributed by atoms with E-state index in [0.717, 1.165) is 30.7 Å². The zero-order chi connectivity index (χ0) is 19.2. The second-order valence-corrected chi connectivity index (χ2v) is 8.88. The van der Waals surface area contributed by atoms with E-state index in [4.69, 9.17) is 0 Å². The molecule has 1 amide bonds. The van der Waals surface area contributed by atoms with Gasteiger partial charge in [-0.2, -0.15) is 9.40 Å². The van der Waals surface area contributed by atoms with Crippen molar-refractivity contribution < 1.29 is 17.6 Å². The van der Waals surface area contributed by atoms with Crippen LogP contribution in [-0.4, -0.2) is 52.9 Å². The third kappa shape index (κ3) is 3.14. The Kier molecular flexibility index (Phi) is 4.51. The van der Waals surface area contributed by atoms with E-state index in [1.54, 1.807) is 16.6 Å². The molecule has 1 aromatic carbocycles. The van der Waals surface area contributed by atoms with Gasteiger partial charge in [-0.3, -0.25) is 9.48 Å². The Morgan fingerprint density at radius 2 is 1.78 bits per heavy atom. The van der Waals surface area contributed by atoms with Gasteiger partial charge in [-0.25, -0.2) is 12.8 Å². The number of rotatable bonds is 3. The van der Waals surface area contributed by atoms with Gasteiger partial charge in [-0.1, -0.05) is 0 Å². The maximum Gasteiger partial charge on any atom is 0.274 e. The molecule has 0 spiro atoms. The second kappa shape index (κ2) is 6.72. The van der Waals surface area contributed by atoms with E-state index in [1.165, 1.54) is 16.4 Å². The van der Waals surface area contributed by atoms with E-state index in [9.17, 15) is 17.6 Å². The molecule has 27 heavy (non-hydrogen) atoms. The third-order valence-electron chi connectivity index (χ3n) is 5.25. The van der Waals surface area contributed by atoms with Gasteiger partial charge in [0.2, 0.25) is 10.0 Å². The molecule has 7 nitrogen and oxygen atoms in total. The second-order valence-electron chi connectivity index (χ2n) is 6.94. The number of likely N-dealkylation sites (tertiary alicyclic amines) is 1. The SMILES string of the molecule is Cn1nc(C(=O)N2CCCC2)c2c1CCN(S(=O)(=O)c1ccc(F)cc1)C2. The third-order valence-corrected chi connectivity index (χ3v) is 7.11. The summed E-state index contributed by atoms with van der Waals surface area (Å²) in [5.74, 6) is -0.619. The van der Waals surface area contributed by atoms with Crippen LogP contribution in [0, 0.1) is 5.82 Å². The number of aryl methyl sites for hydroxylation is 1. The molecule has 3 heterocycles. The van der Waals surface area contributed by atoms with Crippen molar-refractivity contribution in [1.29, 1.82) is 0 Å². The van der Waals surface area contributed by atoms with Crippen molar-refractivity contribution in [2.45, 2.75) is 30.7 Å². The Bertz CT molecular complexity index is 979. The molecule has 1 aromatic heterocycles. The van der Waals surface area contributed by atoms with Crippen molar-refractivity contribution in [3.8, 4) is 0 Å². The summed E-state index contributed by atoms with van der Waals surface area (Å²) in [6, 6.07) is 4.79. The predicted octanol–water partition coefficient (Wildman–Crippen LogP) is 1.54. The van der Waals surface area contributed by atoms with Crippen LogP contribution in [0.3, 0.4) is 0 Å². The normalized spacial score (nSPS) is 17.9. The Balaban J connectivity index is 1.66. The van der Waals surface area contributed by atoms with E-state index >= 15 is 0 Å². The number of aromatic nitrogens is 2. The number of amides is 1. The number of hydrogen-bond acceptors (Lipinski definition) is 4. The summed E-state index contributed by atoms with van der Waals surface area (Å²) in [5, 5.41) is 4.39. The molecule has 9 heteroatoms. The van der Waals surface area contributed by atoms with E-state index in [-0.39, 0.29) is 17.3 Å². The number of fused-ring (bicyclic) bond motifs is 1. The average molecular weight is 392 g/mol. The van der Waals surface area contributed by atoms with Crippen molar-refractivity contribution in [2.24, 2.45) is 7.05 Å². The predicted molar refractivity (Wildman–Crippen MR) is 96.0 cm³/mol. The topological polar surface area (TPSA) is 75.5 Å². The maximum atomic E-state index is 13.1. The fourth-order valence-corrected chi connectivity index (χ4v) is 5.18. The highest BCUT2D eigenvalue weighted by Crippen LogP contribution is 2.28. The minimum Gasteiger partial charge on any atom is -0.337 e. The molecule has 0 radical (unpaired) electrons. The number of carbonyl (C=O) groups is 1. The number of hydrogen-bond donors (Lipinski definition) is 0. The Hall–Kier alpha value is -2.26. The largest absolute Gasteiger partial charge is 0.337 e. The van der Waals surface area contributed by atoms with Crippen molar-refractivity contribution in [3.05, 3.63) is 47.0 Å². The fourth-order valence-electron chi connectivity index (χ4n) is 3.77. The van der Waals surface area contributed by atoms with Crippen molar-refractivity contribution >= 4 is 15.9 Å². The van der Waals surface area contributed by atoms with E-state index in [0.29, 0.717) is 37.3 Å². The van der Waals surface area contributed by atoms with Crippen LogP contribution in [0.15, 0.2) is 29.2 Å². The summed E-state index contributed by atoms with van der Waals surface area (Å²) in [4.78, 5) is 14.7. The molecule has 0 unspecified atom stereocenters. The van der Waals surface area contributed by atoms with Gasteiger partial charge in [-0.15, -0.1) is 0 Å². The Morgan fingerprint density at radius 3 is 2.44 bits per heavy atom. The first kappa shape index (κ1) is 18.1. The number of carbonyl (C=O) groups excluding carboxylic acids is 1. The van der Waals surface area contributed by atoms with E-state index in [2.05, 4.69) is 5.10 Å². The molecule has 2 aliphatic rings. The van der Waals surface area contributed by atoms with Gasteiger partial charge in [-0.05, 0) is 37.1 Å². The summed E-state index contributed by atoms with van der Waals surface area (Å²) < 4.78 is 42.0.